The highest BCUT2D eigenvalue weighted by atomic mass is 31.2. The number of nitroso groups, excluding NO2 is 1. The van der Waals surface area contributed by atoms with E-state index in [1.165, 1.54) is 36.4 Å². The summed E-state index contributed by atoms with van der Waals surface area (Å²) >= 11 is 0. The van der Waals surface area contributed by atoms with Gasteiger partial charge >= 0.3 is 13.8 Å². The van der Waals surface area contributed by atoms with Crippen LogP contribution in [0, 0.1) is 4.91 Å². The first-order valence-electron chi connectivity index (χ1n) is 5.73. The average molecular weight is 306 g/mol. The molecule has 0 spiro atoms. The molecule has 0 heterocycles. The van der Waals surface area contributed by atoms with Crippen LogP contribution in [-0.4, -0.2) is 5.97 Å². The molecule has 1 unspecified atom stereocenters. The van der Waals surface area contributed by atoms with Crippen molar-refractivity contribution in [3.05, 3.63) is 65.1 Å². The number of hydrogen-bond acceptors (Lipinski definition) is 7. The molecule has 2 aromatic carbocycles. The summed E-state index contributed by atoms with van der Waals surface area (Å²) in [6.07, 6.45) is 0. The second-order valence-corrected chi connectivity index (χ2v) is 5.13. The van der Waals surface area contributed by atoms with Crippen molar-refractivity contribution in [1.82, 2.24) is 0 Å². The first-order chi connectivity index (χ1) is 10.00. The molecule has 21 heavy (non-hydrogen) atoms. The van der Waals surface area contributed by atoms with Crippen LogP contribution in [0.1, 0.15) is 10.4 Å². The summed E-state index contributed by atoms with van der Waals surface area (Å²) in [7, 11) is -4.87. The summed E-state index contributed by atoms with van der Waals surface area (Å²) < 4.78 is 20.6. The molecule has 2 aromatic rings. The zero-order valence-corrected chi connectivity index (χ0v) is 11.4. The molecule has 0 bridgehead atoms. The van der Waals surface area contributed by atoms with Crippen molar-refractivity contribution in [3.63, 3.8) is 0 Å². The van der Waals surface area contributed by atoms with E-state index in [0.29, 0.717) is 0 Å². The van der Waals surface area contributed by atoms with Crippen LogP contribution < -0.4 is 9.42 Å². The van der Waals surface area contributed by atoms with Crippen LogP contribution in [-0.2, 0) is 9.09 Å². The fourth-order valence-corrected chi connectivity index (χ4v) is 2.17. The number of carbonyl (C=O) groups excluding carboxylic acids is 1. The maximum absolute atomic E-state index is 11.6. The summed E-state index contributed by atoms with van der Waals surface area (Å²) in [6.45, 7) is 0. The number of benzene rings is 2. The van der Waals surface area contributed by atoms with Crippen molar-refractivity contribution in [2.24, 2.45) is 5.18 Å². The predicted molar refractivity (Wildman–Crippen MR) is 72.0 cm³/mol. The summed E-state index contributed by atoms with van der Waals surface area (Å²) in [4.78, 5) is 33.5. The highest BCUT2D eigenvalue weighted by Gasteiger charge is 2.18. The van der Waals surface area contributed by atoms with Gasteiger partial charge in [0.15, 0.2) is 0 Å². The molecule has 8 heteroatoms. The molecule has 0 aliphatic carbocycles. The van der Waals surface area contributed by atoms with E-state index < -0.39 is 13.8 Å². The van der Waals surface area contributed by atoms with Crippen LogP contribution in [0.25, 0.3) is 0 Å². The van der Waals surface area contributed by atoms with Gasteiger partial charge in [0.05, 0.1) is 5.56 Å². The third kappa shape index (κ3) is 4.24. The molecular weight excluding hydrogens is 297 g/mol. The van der Waals surface area contributed by atoms with E-state index in [0.717, 1.165) is 0 Å². The standard InChI is InChI=1S/C13H10NO6P/c15-13(10-4-2-1-3-5-10)20-21(17,18)19-12-8-6-11(14-16)7-9-12/h1-9H,(H,17,18)/p-1. The van der Waals surface area contributed by atoms with Crippen LogP contribution in [0.3, 0.4) is 0 Å². The summed E-state index contributed by atoms with van der Waals surface area (Å²) in [5.41, 5.74) is 0.196. The number of phosphoric ester groups is 1. The highest BCUT2D eigenvalue weighted by Crippen LogP contribution is 2.40. The van der Waals surface area contributed by atoms with Gasteiger partial charge in [-0.3, -0.25) is 0 Å². The maximum atomic E-state index is 11.6. The Morgan fingerprint density at radius 2 is 1.67 bits per heavy atom. The first-order valence-corrected chi connectivity index (χ1v) is 7.19. The zero-order chi connectivity index (χ0) is 15.3. The molecular formula is C13H9NO6P-. The lowest BCUT2D eigenvalue weighted by Gasteiger charge is -2.22. The van der Waals surface area contributed by atoms with Crippen molar-refractivity contribution < 1.29 is 23.3 Å². The molecule has 0 radical (unpaired) electrons. The van der Waals surface area contributed by atoms with Crippen molar-refractivity contribution in [1.29, 1.82) is 0 Å². The Hall–Kier alpha value is -2.50. The number of hydrogen-bond donors (Lipinski definition) is 0. The van der Waals surface area contributed by atoms with E-state index in [-0.39, 0.29) is 17.0 Å². The molecule has 0 N–H and O–H groups in total. The minimum Gasteiger partial charge on any atom is -0.736 e. The van der Waals surface area contributed by atoms with E-state index in [2.05, 4.69) is 14.2 Å². The Balaban J connectivity index is 2.06. The number of carbonyl (C=O) groups is 1. The molecule has 0 aliphatic heterocycles. The largest absolute Gasteiger partial charge is 0.736 e. The molecule has 0 aliphatic rings. The third-order valence-electron chi connectivity index (χ3n) is 2.36. The van der Waals surface area contributed by atoms with Gasteiger partial charge in [-0.05, 0) is 41.6 Å². The molecule has 0 aromatic heterocycles. The van der Waals surface area contributed by atoms with Gasteiger partial charge in [0, 0.05) is 0 Å². The van der Waals surface area contributed by atoms with E-state index in [1.807, 2.05) is 0 Å². The minimum absolute atomic E-state index is 0.0812. The Morgan fingerprint density at radius 1 is 1.05 bits per heavy atom. The molecule has 7 nitrogen and oxygen atoms in total. The van der Waals surface area contributed by atoms with E-state index in [1.54, 1.807) is 18.2 Å². The van der Waals surface area contributed by atoms with Crippen molar-refractivity contribution in [2.45, 2.75) is 0 Å². The molecule has 108 valence electrons. The van der Waals surface area contributed by atoms with E-state index in [9.17, 15) is 19.2 Å². The third-order valence-corrected chi connectivity index (χ3v) is 3.19. The monoisotopic (exact) mass is 306 g/mol. The Labute approximate surface area is 119 Å². The number of nitrogens with zero attached hydrogens (tertiary/aromatic N) is 1. The fourth-order valence-electron chi connectivity index (χ4n) is 1.44. The SMILES string of the molecule is O=Nc1ccc(OP(=O)([O-])OC(=O)c2ccccc2)cc1. The lowest BCUT2D eigenvalue weighted by Crippen LogP contribution is -2.15. The van der Waals surface area contributed by atoms with Gasteiger partial charge in [0.25, 0.3) is 0 Å². The van der Waals surface area contributed by atoms with Gasteiger partial charge in [-0.25, -0.2) is 9.36 Å². The molecule has 0 saturated heterocycles. The van der Waals surface area contributed by atoms with Gasteiger partial charge in [-0.1, -0.05) is 18.2 Å². The Morgan fingerprint density at radius 3 is 2.24 bits per heavy atom. The predicted octanol–water partition coefficient (Wildman–Crippen LogP) is 2.79. The second-order valence-electron chi connectivity index (χ2n) is 3.87. The molecule has 1 atom stereocenters. The number of rotatable bonds is 5. The van der Waals surface area contributed by atoms with Gasteiger partial charge in [0.1, 0.15) is 11.4 Å². The topological polar surface area (TPSA) is 105 Å². The van der Waals surface area contributed by atoms with E-state index in [4.69, 9.17) is 0 Å². The van der Waals surface area contributed by atoms with E-state index >= 15 is 0 Å². The van der Waals surface area contributed by atoms with Gasteiger partial charge in [-0.2, -0.15) is 0 Å². The molecule has 0 amide bonds. The van der Waals surface area contributed by atoms with Gasteiger partial charge < -0.3 is 13.9 Å². The Bertz CT molecular complexity index is 686. The first kappa shape index (κ1) is 14.9. The minimum atomic E-state index is -4.87. The molecule has 0 saturated carbocycles. The van der Waals surface area contributed by atoms with Crippen LogP contribution in [0.2, 0.25) is 0 Å². The van der Waals surface area contributed by atoms with Crippen LogP contribution in [0.5, 0.6) is 5.75 Å². The fraction of sp³-hybridized carbons (Fsp3) is 0. The normalized spacial score (nSPS) is 13.0. The molecule has 0 fully saturated rings. The maximum Gasteiger partial charge on any atom is 0.374 e. The summed E-state index contributed by atoms with van der Waals surface area (Å²) in [6, 6.07) is 12.6. The summed E-state index contributed by atoms with van der Waals surface area (Å²) in [5, 5.41) is 2.66. The van der Waals surface area contributed by atoms with Crippen LogP contribution in [0.15, 0.2) is 59.8 Å². The van der Waals surface area contributed by atoms with Gasteiger partial charge in [0.2, 0.25) is 0 Å². The smallest absolute Gasteiger partial charge is 0.374 e. The Kier molecular flexibility index (Phi) is 4.47. The second kappa shape index (κ2) is 6.30. The lowest BCUT2D eigenvalue weighted by molar-refractivity contribution is -0.211. The lowest BCUT2D eigenvalue weighted by atomic mass is 10.2. The zero-order valence-electron chi connectivity index (χ0n) is 10.5. The molecule has 2 rings (SSSR count). The average Bonchev–Trinajstić information content (AvgIpc) is 2.48. The van der Waals surface area contributed by atoms with Gasteiger partial charge in [-0.15, -0.1) is 4.91 Å². The highest BCUT2D eigenvalue weighted by molar-refractivity contribution is 7.47. The summed E-state index contributed by atoms with van der Waals surface area (Å²) in [5.74, 6) is -1.14. The van der Waals surface area contributed by atoms with Crippen LogP contribution >= 0.6 is 7.82 Å². The quantitative estimate of drug-likeness (QED) is 0.621. The van der Waals surface area contributed by atoms with Crippen molar-refractivity contribution >= 4 is 19.5 Å². The van der Waals surface area contributed by atoms with Crippen molar-refractivity contribution in [3.8, 4) is 5.75 Å². The number of phosphoric acid groups is 1. The van der Waals surface area contributed by atoms with Crippen LogP contribution in [0.4, 0.5) is 5.69 Å². The van der Waals surface area contributed by atoms with Crippen molar-refractivity contribution in [2.75, 3.05) is 0 Å².